The Morgan fingerprint density at radius 2 is 2.06 bits per heavy atom. The number of hydrazine groups is 2. The van der Waals surface area contributed by atoms with Gasteiger partial charge in [0.05, 0.1) is 18.8 Å². The third kappa shape index (κ3) is 5.14. The van der Waals surface area contributed by atoms with Gasteiger partial charge in [-0.15, -0.1) is 0 Å². The Morgan fingerprint density at radius 3 is 2.73 bits per heavy atom. The summed E-state index contributed by atoms with van der Waals surface area (Å²) in [5, 5.41) is 1.48. The molecule has 0 aliphatic carbocycles. The van der Waals surface area contributed by atoms with Gasteiger partial charge in [-0.1, -0.05) is 12.1 Å². The zero-order valence-corrected chi connectivity index (χ0v) is 18.8. The van der Waals surface area contributed by atoms with E-state index in [-0.39, 0.29) is 19.4 Å². The summed E-state index contributed by atoms with van der Waals surface area (Å²) in [4.78, 5) is 33.2. The molecule has 2 heterocycles. The van der Waals surface area contributed by atoms with Gasteiger partial charge in [-0.3, -0.25) is 21.5 Å². The number of rotatable bonds is 8. The molecule has 0 bridgehead atoms. The molecule has 4 rings (SSSR count). The molecule has 178 valence electrons. The lowest BCUT2D eigenvalue weighted by Gasteiger charge is -2.31. The van der Waals surface area contributed by atoms with Crippen molar-refractivity contribution in [1.29, 1.82) is 0 Å². The number of fused-ring (bicyclic) bond motifs is 1. The smallest absolute Gasteiger partial charge is 0.414 e. The van der Waals surface area contributed by atoms with Crippen LogP contribution in [0.15, 0.2) is 36.4 Å². The molecule has 7 N–H and O–H groups in total. The highest BCUT2D eigenvalue weighted by Crippen LogP contribution is 2.33. The van der Waals surface area contributed by atoms with Gasteiger partial charge in [-0.05, 0) is 41.0 Å². The Balaban J connectivity index is 1.49. The standard InChI is InChI=1S/C20H26FN6O5P/c1-25(23)19(24-22)26-8-13-3-2-12(6-14(13)9-26)17-5-4-15(7-18(17)21)27-10-16(32-20(27)28)11-31-33(29)30/h2-7,16,19,24,29-30H,8-11,22-23H2,1H3. The fraction of sp³-hybridized carbons (Fsp3) is 0.350. The maximum Gasteiger partial charge on any atom is 0.414 e. The predicted octanol–water partition coefficient (Wildman–Crippen LogP) is 0.914. The SMILES string of the molecule is CN(N)C(NN)N1Cc2ccc(-c3ccc(N4CC(COP(O)O)OC4=O)cc3F)cc2C1. The molecule has 2 aliphatic rings. The number of nitrogens with two attached hydrogens (primary N) is 2. The summed E-state index contributed by atoms with van der Waals surface area (Å²) < 4.78 is 24.9. The van der Waals surface area contributed by atoms with E-state index in [2.05, 4.69) is 10.3 Å². The van der Waals surface area contributed by atoms with E-state index in [4.69, 9.17) is 30.7 Å². The number of hydrogen-bond acceptors (Lipinski definition) is 10. The third-order valence-electron chi connectivity index (χ3n) is 5.66. The fourth-order valence-electron chi connectivity index (χ4n) is 4.12. The van der Waals surface area contributed by atoms with E-state index in [1.165, 1.54) is 16.0 Å². The molecule has 1 saturated heterocycles. The average molecular weight is 480 g/mol. The van der Waals surface area contributed by atoms with E-state index in [1.807, 2.05) is 18.2 Å². The van der Waals surface area contributed by atoms with Crippen molar-refractivity contribution in [1.82, 2.24) is 15.3 Å². The van der Waals surface area contributed by atoms with Crippen molar-refractivity contribution in [2.45, 2.75) is 25.5 Å². The van der Waals surface area contributed by atoms with Crippen LogP contribution in [-0.4, -0.2) is 58.4 Å². The van der Waals surface area contributed by atoms with Crippen LogP contribution < -0.4 is 22.0 Å². The second-order valence-electron chi connectivity index (χ2n) is 7.92. The first-order valence-electron chi connectivity index (χ1n) is 10.1. The average Bonchev–Trinajstić information content (AvgIpc) is 3.35. The lowest BCUT2D eigenvalue weighted by molar-refractivity contribution is 0.0312. The second-order valence-corrected chi connectivity index (χ2v) is 8.69. The van der Waals surface area contributed by atoms with Gasteiger partial charge in [0.1, 0.15) is 18.2 Å². The van der Waals surface area contributed by atoms with Crippen LogP contribution in [0.2, 0.25) is 0 Å². The fourth-order valence-corrected chi connectivity index (χ4v) is 4.42. The summed E-state index contributed by atoms with van der Waals surface area (Å²) in [6, 6.07) is 10.3. The molecule has 2 aromatic carbocycles. The van der Waals surface area contributed by atoms with Crippen molar-refractivity contribution >= 4 is 20.4 Å². The maximum atomic E-state index is 15.1. The van der Waals surface area contributed by atoms with Gasteiger partial charge >= 0.3 is 14.7 Å². The van der Waals surface area contributed by atoms with Crippen LogP contribution in [0.3, 0.4) is 0 Å². The molecule has 0 spiro atoms. The number of cyclic esters (lactones) is 1. The van der Waals surface area contributed by atoms with Crippen LogP contribution >= 0.6 is 8.60 Å². The molecule has 2 atom stereocenters. The number of hydrogen-bond donors (Lipinski definition) is 5. The molecule has 2 aromatic rings. The number of carbonyl (C=O) groups is 1. The van der Waals surface area contributed by atoms with Gasteiger partial charge < -0.3 is 19.0 Å². The molecule has 33 heavy (non-hydrogen) atoms. The number of ether oxygens (including phenoxy) is 1. The molecule has 11 nitrogen and oxygen atoms in total. The summed E-state index contributed by atoms with van der Waals surface area (Å²) in [6.07, 6.45) is -1.67. The molecule has 1 amide bonds. The molecular weight excluding hydrogens is 454 g/mol. The first-order chi connectivity index (χ1) is 15.8. The maximum absolute atomic E-state index is 15.1. The van der Waals surface area contributed by atoms with E-state index < -0.39 is 26.6 Å². The Bertz CT molecular complexity index is 1030. The van der Waals surface area contributed by atoms with E-state index in [0.29, 0.717) is 29.9 Å². The minimum Gasteiger partial charge on any atom is -0.441 e. The molecule has 1 fully saturated rings. The molecule has 0 aromatic heterocycles. The monoisotopic (exact) mass is 480 g/mol. The van der Waals surface area contributed by atoms with Gasteiger partial charge in [0.25, 0.3) is 0 Å². The minimum atomic E-state index is -2.54. The van der Waals surface area contributed by atoms with Crippen LogP contribution in [-0.2, 0) is 22.4 Å². The van der Waals surface area contributed by atoms with Crippen molar-refractivity contribution in [2.75, 3.05) is 25.1 Å². The predicted molar refractivity (Wildman–Crippen MR) is 119 cm³/mol. The van der Waals surface area contributed by atoms with Crippen LogP contribution in [0.1, 0.15) is 11.1 Å². The van der Waals surface area contributed by atoms with Crippen molar-refractivity contribution in [3.63, 3.8) is 0 Å². The van der Waals surface area contributed by atoms with E-state index >= 15 is 4.39 Å². The van der Waals surface area contributed by atoms with E-state index in [9.17, 15) is 4.79 Å². The number of nitrogens with one attached hydrogen (secondary N) is 1. The highest BCUT2D eigenvalue weighted by Gasteiger charge is 2.33. The number of halogens is 1. The summed E-state index contributed by atoms with van der Waals surface area (Å²) in [5.41, 5.74) is 6.31. The zero-order valence-electron chi connectivity index (χ0n) is 17.9. The van der Waals surface area contributed by atoms with Crippen LogP contribution in [0.5, 0.6) is 0 Å². The molecule has 2 unspecified atom stereocenters. The highest BCUT2D eigenvalue weighted by molar-refractivity contribution is 7.39. The summed E-state index contributed by atoms with van der Waals surface area (Å²) in [6.45, 7) is 1.21. The quantitative estimate of drug-likeness (QED) is 0.160. The number of nitrogens with zero attached hydrogens (tertiary/aromatic N) is 3. The molecule has 13 heteroatoms. The molecule has 2 aliphatic heterocycles. The van der Waals surface area contributed by atoms with Gasteiger partial charge in [-0.25, -0.2) is 19.6 Å². The minimum absolute atomic E-state index is 0.113. The number of carbonyl (C=O) groups excluding carboxylic acids is 1. The highest BCUT2D eigenvalue weighted by atomic mass is 31.2. The largest absolute Gasteiger partial charge is 0.441 e. The van der Waals surface area contributed by atoms with E-state index in [0.717, 1.165) is 11.1 Å². The first-order valence-corrected chi connectivity index (χ1v) is 11.3. The molecule has 0 radical (unpaired) electrons. The number of amides is 1. The van der Waals surface area contributed by atoms with Gasteiger partial charge in [0, 0.05) is 25.7 Å². The van der Waals surface area contributed by atoms with Crippen molar-refractivity contribution < 1.29 is 28.2 Å². The van der Waals surface area contributed by atoms with Crippen molar-refractivity contribution in [3.8, 4) is 11.1 Å². The zero-order chi connectivity index (χ0) is 23.7. The summed E-state index contributed by atoms with van der Waals surface area (Å²) in [7, 11) is -0.819. The number of anilines is 1. The van der Waals surface area contributed by atoms with Gasteiger partial charge in [0.15, 0.2) is 0 Å². The topological polar surface area (TPSA) is 150 Å². The Labute approximate surface area is 191 Å². The molecular formula is C20H26FN6O5P. The Kier molecular flexibility index (Phi) is 7.19. The van der Waals surface area contributed by atoms with E-state index in [1.54, 1.807) is 19.2 Å². The second kappa shape index (κ2) is 9.94. The molecule has 0 saturated carbocycles. The lowest BCUT2D eigenvalue weighted by Crippen LogP contribution is -2.58. The Morgan fingerprint density at radius 1 is 1.30 bits per heavy atom. The van der Waals surface area contributed by atoms with Crippen LogP contribution in [0.25, 0.3) is 11.1 Å². The summed E-state index contributed by atoms with van der Waals surface area (Å²) >= 11 is 0. The van der Waals surface area contributed by atoms with Crippen LogP contribution in [0.4, 0.5) is 14.9 Å². The third-order valence-corrected chi connectivity index (χ3v) is 6.04. The van der Waals surface area contributed by atoms with Gasteiger partial charge in [0.2, 0.25) is 0 Å². The normalized spacial score (nSPS) is 19.5. The number of benzene rings is 2. The first kappa shape index (κ1) is 23.9. The summed E-state index contributed by atoms with van der Waals surface area (Å²) in [5.74, 6) is 11.0. The van der Waals surface area contributed by atoms with Crippen molar-refractivity contribution in [3.05, 3.63) is 53.3 Å². The lowest BCUT2D eigenvalue weighted by atomic mass is 10.00. The van der Waals surface area contributed by atoms with Gasteiger partial charge in [-0.2, -0.15) is 0 Å². The van der Waals surface area contributed by atoms with Crippen molar-refractivity contribution in [2.24, 2.45) is 11.7 Å². The van der Waals surface area contributed by atoms with Crippen LogP contribution in [0, 0.1) is 5.82 Å². The Hall–Kier alpha value is -2.25.